The number of anilines is 1. The van der Waals surface area contributed by atoms with E-state index in [2.05, 4.69) is 10.1 Å². The third-order valence-electron chi connectivity index (χ3n) is 5.34. The first-order chi connectivity index (χ1) is 15.8. The van der Waals surface area contributed by atoms with Gasteiger partial charge in [-0.05, 0) is 49.0 Å². The molecule has 0 spiro atoms. The predicted molar refractivity (Wildman–Crippen MR) is 123 cm³/mol. The van der Waals surface area contributed by atoms with Crippen molar-refractivity contribution >= 4 is 28.9 Å². The molecule has 4 rings (SSSR count). The highest BCUT2D eigenvalue weighted by molar-refractivity contribution is 7.80. The number of fused-ring (bicyclic) bond motifs is 1. The molecule has 0 bridgehead atoms. The number of carbonyl (C=O) groups is 1. The van der Waals surface area contributed by atoms with E-state index in [0.717, 1.165) is 5.69 Å². The van der Waals surface area contributed by atoms with E-state index < -0.39 is 12.7 Å². The second-order valence-electron chi connectivity index (χ2n) is 7.69. The first kappa shape index (κ1) is 22.8. The third-order valence-corrected chi connectivity index (χ3v) is 5.64. The highest BCUT2D eigenvalue weighted by atomic mass is 32.1. The fourth-order valence-corrected chi connectivity index (χ4v) is 4.19. The molecule has 1 N–H and O–H groups in total. The first-order valence-electron chi connectivity index (χ1n) is 10.2. The number of alkyl halides is 2. The number of hydrogen-bond acceptors (Lipinski definition) is 5. The van der Waals surface area contributed by atoms with E-state index in [1.807, 2.05) is 19.1 Å². The molecule has 0 aliphatic carbocycles. The zero-order valence-electron chi connectivity index (χ0n) is 18.3. The van der Waals surface area contributed by atoms with Crippen LogP contribution < -0.4 is 24.4 Å². The van der Waals surface area contributed by atoms with Crippen LogP contribution in [0.4, 0.5) is 14.5 Å². The first-order valence-corrected chi connectivity index (χ1v) is 10.6. The maximum Gasteiger partial charge on any atom is 0.387 e. The van der Waals surface area contributed by atoms with E-state index in [-0.39, 0.29) is 11.7 Å². The van der Waals surface area contributed by atoms with E-state index >= 15 is 0 Å². The highest BCUT2D eigenvalue weighted by Crippen LogP contribution is 2.39. The molecule has 33 heavy (non-hydrogen) atoms. The van der Waals surface area contributed by atoms with Crippen LogP contribution in [0.25, 0.3) is 0 Å². The SMILES string of the molecule is CC1=C(C(=O)N(C)C)[C@@H](c2ccc(OC(F)F)cc2)NC(=S)N1c1ccc2c(c1)OCCO2. The normalized spacial score (nSPS) is 17.7. The van der Waals surface area contributed by atoms with Gasteiger partial charge in [-0.25, -0.2) is 0 Å². The number of rotatable bonds is 5. The van der Waals surface area contributed by atoms with Crippen LogP contribution in [0.2, 0.25) is 0 Å². The Balaban J connectivity index is 1.75. The van der Waals surface area contributed by atoms with Crippen LogP contribution in [0.15, 0.2) is 53.7 Å². The van der Waals surface area contributed by atoms with Crippen molar-refractivity contribution in [2.24, 2.45) is 0 Å². The second-order valence-corrected chi connectivity index (χ2v) is 8.08. The summed E-state index contributed by atoms with van der Waals surface area (Å²) in [5.74, 6) is 1.08. The third kappa shape index (κ3) is 4.56. The van der Waals surface area contributed by atoms with Gasteiger partial charge in [0, 0.05) is 25.9 Å². The average Bonchev–Trinajstić information content (AvgIpc) is 2.78. The van der Waals surface area contributed by atoms with Gasteiger partial charge < -0.3 is 24.4 Å². The van der Waals surface area contributed by atoms with Crippen molar-refractivity contribution in [2.45, 2.75) is 19.6 Å². The number of ether oxygens (including phenoxy) is 3. The van der Waals surface area contributed by atoms with Crippen molar-refractivity contribution in [2.75, 3.05) is 32.2 Å². The van der Waals surface area contributed by atoms with Crippen molar-refractivity contribution in [3.05, 3.63) is 59.3 Å². The Morgan fingerprint density at radius 1 is 1.15 bits per heavy atom. The molecule has 2 heterocycles. The number of likely N-dealkylation sites (N-methyl/N-ethyl adjacent to an activating group) is 1. The fraction of sp³-hybridized carbons (Fsp3) is 0.304. The van der Waals surface area contributed by atoms with Gasteiger partial charge in [0.1, 0.15) is 19.0 Å². The van der Waals surface area contributed by atoms with Crippen molar-refractivity contribution < 1.29 is 27.8 Å². The van der Waals surface area contributed by atoms with Crippen molar-refractivity contribution in [3.63, 3.8) is 0 Å². The Morgan fingerprint density at radius 3 is 2.45 bits per heavy atom. The molecular weight excluding hydrogens is 452 g/mol. The van der Waals surface area contributed by atoms with Gasteiger partial charge in [0.2, 0.25) is 0 Å². The lowest BCUT2D eigenvalue weighted by atomic mass is 9.93. The molecule has 0 unspecified atom stereocenters. The number of thiocarbonyl (C=S) groups is 1. The van der Waals surface area contributed by atoms with Gasteiger partial charge in [0.15, 0.2) is 16.6 Å². The van der Waals surface area contributed by atoms with E-state index in [0.29, 0.717) is 46.7 Å². The summed E-state index contributed by atoms with van der Waals surface area (Å²) in [5, 5.41) is 3.62. The lowest BCUT2D eigenvalue weighted by molar-refractivity contribution is -0.125. The van der Waals surface area contributed by atoms with Crippen LogP contribution in [0.3, 0.4) is 0 Å². The van der Waals surface area contributed by atoms with Gasteiger partial charge in [-0.15, -0.1) is 0 Å². The number of hydrogen-bond donors (Lipinski definition) is 1. The lowest BCUT2D eigenvalue weighted by Crippen LogP contribution is -2.49. The molecule has 0 saturated carbocycles. The zero-order chi connectivity index (χ0) is 23.7. The lowest BCUT2D eigenvalue weighted by Gasteiger charge is -2.38. The van der Waals surface area contributed by atoms with E-state index in [4.69, 9.17) is 21.7 Å². The van der Waals surface area contributed by atoms with Crippen molar-refractivity contribution in [1.82, 2.24) is 10.2 Å². The molecule has 2 aliphatic heterocycles. The Labute approximate surface area is 195 Å². The molecule has 0 saturated heterocycles. The number of amides is 1. The molecule has 1 amide bonds. The van der Waals surface area contributed by atoms with Gasteiger partial charge in [-0.2, -0.15) is 8.78 Å². The van der Waals surface area contributed by atoms with Crippen molar-refractivity contribution in [3.8, 4) is 17.2 Å². The number of benzene rings is 2. The molecule has 7 nitrogen and oxygen atoms in total. The van der Waals surface area contributed by atoms with Crippen LogP contribution in [-0.2, 0) is 4.79 Å². The van der Waals surface area contributed by atoms with Crippen molar-refractivity contribution in [1.29, 1.82) is 0 Å². The van der Waals surface area contributed by atoms with E-state index in [1.165, 1.54) is 17.0 Å². The van der Waals surface area contributed by atoms with Crippen LogP contribution in [0.1, 0.15) is 18.5 Å². The number of allylic oxidation sites excluding steroid dienone is 1. The van der Waals surface area contributed by atoms with Crippen LogP contribution in [0, 0.1) is 0 Å². The molecule has 174 valence electrons. The monoisotopic (exact) mass is 475 g/mol. The summed E-state index contributed by atoms with van der Waals surface area (Å²) in [6.45, 7) is -0.156. The summed E-state index contributed by atoms with van der Waals surface area (Å²) in [5.41, 5.74) is 2.53. The Hall–Kier alpha value is -3.40. The highest BCUT2D eigenvalue weighted by Gasteiger charge is 2.35. The van der Waals surface area contributed by atoms with Crippen LogP contribution in [0.5, 0.6) is 17.2 Å². The second kappa shape index (κ2) is 9.22. The smallest absolute Gasteiger partial charge is 0.387 e. The molecular formula is C23H23F2N3O4S. The fourth-order valence-electron chi connectivity index (χ4n) is 3.83. The van der Waals surface area contributed by atoms with E-state index in [1.54, 1.807) is 37.2 Å². The van der Waals surface area contributed by atoms with Gasteiger partial charge in [-0.1, -0.05) is 12.1 Å². The minimum absolute atomic E-state index is 0.0335. The molecule has 0 radical (unpaired) electrons. The average molecular weight is 476 g/mol. The topological polar surface area (TPSA) is 63.3 Å². The molecule has 2 aromatic carbocycles. The number of carbonyl (C=O) groups excluding carboxylic acids is 1. The summed E-state index contributed by atoms with van der Waals surface area (Å²) >= 11 is 5.67. The van der Waals surface area contributed by atoms with Gasteiger partial charge >= 0.3 is 6.61 Å². The molecule has 1 atom stereocenters. The summed E-state index contributed by atoms with van der Waals surface area (Å²) in [7, 11) is 3.33. The maximum atomic E-state index is 13.2. The van der Waals surface area contributed by atoms with E-state index in [9.17, 15) is 13.6 Å². The maximum absolute atomic E-state index is 13.2. The van der Waals surface area contributed by atoms with Gasteiger partial charge in [0.05, 0.1) is 17.3 Å². The Kier molecular flexibility index (Phi) is 6.37. The minimum atomic E-state index is -2.91. The number of nitrogens with one attached hydrogen (secondary N) is 1. The summed E-state index contributed by atoms with van der Waals surface area (Å²) in [6.07, 6.45) is 0. The molecule has 10 heteroatoms. The predicted octanol–water partition coefficient (Wildman–Crippen LogP) is 3.86. The number of halogens is 2. The summed E-state index contributed by atoms with van der Waals surface area (Å²) in [6, 6.07) is 11.0. The molecule has 2 aromatic rings. The summed E-state index contributed by atoms with van der Waals surface area (Å²) in [4.78, 5) is 16.5. The van der Waals surface area contributed by atoms with Gasteiger partial charge in [0.25, 0.3) is 5.91 Å². The Morgan fingerprint density at radius 2 is 1.82 bits per heavy atom. The zero-order valence-corrected chi connectivity index (χ0v) is 19.1. The molecule has 0 fully saturated rings. The van der Waals surface area contributed by atoms with Gasteiger partial charge in [-0.3, -0.25) is 9.69 Å². The molecule has 0 aromatic heterocycles. The Bertz CT molecular complexity index is 1110. The number of nitrogens with zero attached hydrogens (tertiary/aromatic N) is 2. The minimum Gasteiger partial charge on any atom is -0.486 e. The summed E-state index contributed by atoms with van der Waals surface area (Å²) < 4.78 is 40.8. The van der Waals surface area contributed by atoms with Crippen LogP contribution >= 0.6 is 12.2 Å². The van der Waals surface area contributed by atoms with Crippen LogP contribution in [-0.4, -0.2) is 49.8 Å². The molecule has 2 aliphatic rings. The largest absolute Gasteiger partial charge is 0.486 e. The standard InChI is InChI=1S/C23H23F2N3O4S/c1-13-19(21(29)27(2)3)20(14-4-7-16(8-5-14)32-22(24)25)26-23(33)28(13)15-6-9-17-18(12-15)31-11-10-30-17/h4-9,12,20,22H,10-11H2,1-3H3,(H,26,33)/t20-/m1/s1. The quantitative estimate of drug-likeness (QED) is 0.659.